The average Bonchev–Trinajstić information content (AvgIpc) is 3.08. The average molecular weight is 332 g/mol. The molecule has 0 aliphatic rings. The Morgan fingerprint density at radius 1 is 1.12 bits per heavy atom. The van der Waals surface area contributed by atoms with Gasteiger partial charge in [0.15, 0.2) is 0 Å². The van der Waals surface area contributed by atoms with Crippen LogP contribution in [0.1, 0.15) is 15.9 Å². The van der Waals surface area contributed by atoms with Crippen molar-refractivity contribution >= 4 is 22.8 Å². The molecule has 0 radical (unpaired) electrons. The van der Waals surface area contributed by atoms with Gasteiger partial charge in [0.25, 0.3) is 0 Å². The molecule has 0 amide bonds. The van der Waals surface area contributed by atoms with Gasteiger partial charge in [-0.2, -0.15) is 5.26 Å². The molecule has 5 heteroatoms. The molecule has 0 aliphatic heterocycles. The molecule has 3 aromatic rings. The number of aromatic nitrogens is 1. The van der Waals surface area contributed by atoms with E-state index in [0.717, 1.165) is 16.5 Å². The third-order valence-electron chi connectivity index (χ3n) is 3.90. The second-order valence-electron chi connectivity index (χ2n) is 5.39. The first kappa shape index (κ1) is 16.3. The second kappa shape index (κ2) is 6.93. The number of methoxy groups -OCH3 is 2. The van der Waals surface area contributed by atoms with Gasteiger partial charge in [0.2, 0.25) is 5.78 Å². The van der Waals surface area contributed by atoms with Crippen LogP contribution in [0, 0.1) is 11.3 Å². The van der Waals surface area contributed by atoms with Crippen molar-refractivity contribution in [2.45, 2.75) is 0 Å². The standard InChI is InChI=1S/C20H16N2O3/c1-24-15-5-3-4-13(9-15)8-14(11-21)20(23)18-12-22-19-7-6-16(25-2)10-17(18)19/h3-10,12,22H,1-2H3/b14-8-. The van der Waals surface area contributed by atoms with E-state index >= 15 is 0 Å². The molecule has 0 unspecified atom stereocenters. The van der Waals surface area contributed by atoms with Crippen molar-refractivity contribution in [1.29, 1.82) is 5.26 Å². The van der Waals surface area contributed by atoms with Crippen molar-refractivity contribution in [3.8, 4) is 17.6 Å². The lowest BCUT2D eigenvalue weighted by atomic mass is 10.0. The summed E-state index contributed by atoms with van der Waals surface area (Å²) in [6.07, 6.45) is 3.17. The molecule has 5 nitrogen and oxygen atoms in total. The molecule has 1 aromatic heterocycles. The number of benzene rings is 2. The van der Waals surface area contributed by atoms with Crippen LogP contribution in [0.3, 0.4) is 0 Å². The maximum atomic E-state index is 12.8. The summed E-state index contributed by atoms with van der Waals surface area (Å²) in [6.45, 7) is 0. The fraction of sp³-hybridized carbons (Fsp3) is 0.100. The van der Waals surface area contributed by atoms with Crippen LogP contribution < -0.4 is 9.47 Å². The van der Waals surface area contributed by atoms with E-state index in [1.54, 1.807) is 50.8 Å². The van der Waals surface area contributed by atoms with E-state index in [1.165, 1.54) is 0 Å². The minimum atomic E-state index is -0.343. The number of ether oxygens (including phenoxy) is 2. The summed E-state index contributed by atoms with van der Waals surface area (Å²) >= 11 is 0. The molecule has 0 aliphatic carbocycles. The van der Waals surface area contributed by atoms with Gasteiger partial charge in [0.1, 0.15) is 23.1 Å². The van der Waals surface area contributed by atoms with E-state index in [2.05, 4.69) is 4.98 Å². The number of H-pyrrole nitrogens is 1. The van der Waals surface area contributed by atoms with Crippen molar-refractivity contribution in [2.24, 2.45) is 0 Å². The monoisotopic (exact) mass is 332 g/mol. The first-order valence-corrected chi connectivity index (χ1v) is 7.62. The zero-order valence-electron chi connectivity index (χ0n) is 13.9. The Labute approximate surface area is 145 Å². The van der Waals surface area contributed by atoms with Gasteiger partial charge in [-0.15, -0.1) is 0 Å². The molecule has 1 N–H and O–H groups in total. The molecule has 3 rings (SSSR count). The number of nitriles is 1. The highest BCUT2D eigenvalue weighted by Gasteiger charge is 2.17. The van der Waals surface area contributed by atoms with Gasteiger partial charge in [-0.05, 0) is 42.0 Å². The highest BCUT2D eigenvalue weighted by atomic mass is 16.5. The summed E-state index contributed by atoms with van der Waals surface area (Å²) in [5, 5.41) is 10.2. The predicted octanol–water partition coefficient (Wildman–Crippen LogP) is 3.97. The number of nitrogens with zero attached hydrogens (tertiary/aromatic N) is 1. The number of nitrogens with one attached hydrogen (secondary N) is 1. The molecule has 0 bridgehead atoms. The van der Waals surface area contributed by atoms with Crippen LogP contribution in [-0.2, 0) is 0 Å². The Morgan fingerprint density at radius 2 is 1.88 bits per heavy atom. The van der Waals surface area contributed by atoms with Gasteiger partial charge < -0.3 is 14.5 Å². The molecular weight excluding hydrogens is 316 g/mol. The first-order valence-electron chi connectivity index (χ1n) is 7.62. The first-order chi connectivity index (χ1) is 12.2. The maximum Gasteiger partial charge on any atom is 0.205 e. The number of aromatic amines is 1. The van der Waals surface area contributed by atoms with Crippen LogP contribution in [-0.4, -0.2) is 25.0 Å². The largest absolute Gasteiger partial charge is 0.497 e. The molecule has 2 aromatic carbocycles. The van der Waals surface area contributed by atoms with E-state index in [0.29, 0.717) is 17.1 Å². The smallest absolute Gasteiger partial charge is 0.205 e. The minimum absolute atomic E-state index is 0.0528. The zero-order valence-corrected chi connectivity index (χ0v) is 13.9. The number of rotatable bonds is 5. The van der Waals surface area contributed by atoms with Gasteiger partial charge in [0.05, 0.1) is 14.2 Å². The Balaban J connectivity index is 2.03. The predicted molar refractivity (Wildman–Crippen MR) is 95.8 cm³/mol. The van der Waals surface area contributed by atoms with Crippen LogP contribution in [0.2, 0.25) is 0 Å². The normalized spacial score (nSPS) is 11.2. The summed E-state index contributed by atoms with van der Waals surface area (Å²) in [4.78, 5) is 15.9. The van der Waals surface area contributed by atoms with Crippen molar-refractivity contribution in [3.63, 3.8) is 0 Å². The zero-order chi connectivity index (χ0) is 17.8. The van der Waals surface area contributed by atoms with Crippen LogP contribution in [0.5, 0.6) is 11.5 Å². The number of carbonyl (C=O) groups is 1. The van der Waals surface area contributed by atoms with Gasteiger partial charge in [-0.25, -0.2) is 0 Å². The second-order valence-corrected chi connectivity index (χ2v) is 5.39. The molecule has 0 saturated heterocycles. The third kappa shape index (κ3) is 3.24. The molecule has 0 spiro atoms. The number of ketones is 1. The summed E-state index contributed by atoms with van der Waals surface area (Å²) in [5.74, 6) is 0.969. The SMILES string of the molecule is COc1cccc(/C=C(/C#N)C(=O)c2c[nH]c3ccc(OC)cc23)c1. The molecule has 0 saturated carbocycles. The van der Waals surface area contributed by atoms with E-state index in [1.807, 2.05) is 24.3 Å². The fourth-order valence-corrected chi connectivity index (χ4v) is 2.61. The highest BCUT2D eigenvalue weighted by molar-refractivity contribution is 6.20. The van der Waals surface area contributed by atoms with Gasteiger partial charge in [-0.3, -0.25) is 4.79 Å². The van der Waals surface area contributed by atoms with E-state index in [9.17, 15) is 10.1 Å². The molecule has 25 heavy (non-hydrogen) atoms. The summed E-state index contributed by atoms with van der Waals surface area (Å²) < 4.78 is 10.4. The minimum Gasteiger partial charge on any atom is -0.497 e. The quantitative estimate of drug-likeness (QED) is 0.436. The maximum absolute atomic E-state index is 12.8. The lowest BCUT2D eigenvalue weighted by Gasteiger charge is -2.03. The third-order valence-corrected chi connectivity index (χ3v) is 3.90. The Hall–Kier alpha value is -3.52. The van der Waals surface area contributed by atoms with E-state index in [-0.39, 0.29) is 11.4 Å². The molecule has 1 heterocycles. The Kier molecular flexibility index (Phi) is 4.53. The van der Waals surface area contributed by atoms with Crippen LogP contribution >= 0.6 is 0 Å². The Morgan fingerprint density at radius 3 is 2.60 bits per heavy atom. The topological polar surface area (TPSA) is 75.1 Å². The van der Waals surface area contributed by atoms with Crippen molar-refractivity contribution in [1.82, 2.24) is 4.98 Å². The Bertz CT molecular complexity index is 1010. The number of Topliss-reactive ketones (excluding diaryl/α,β-unsaturated/α-hetero) is 1. The van der Waals surface area contributed by atoms with Crippen LogP contribution in [0.25, 0.3) is 17.0 Å². The molecular formula is C20H16N2O3. The van der Waals surface area contributed by atoms with Gasteiger partial charge in [0, 0.05) is 22.7 Å². The van der Waals surface area contributed by atoms with Crippen molar-refractivity contribution in [2.75, 3.05) is 14.2 Å². The summed E-state index contributed by atoms with van der Waals surface area (Å²) in [7, 11) is 3.14. The van der Waals surface area contributed by atoms with Crippen molar-refractivity contribution in [3.05, 3.63) is 65.4 Å². The summed E-state index contributed by atoms with van der Waals surface area (Å²) in [5.41, 5.74) is 2.02. The number of carbonyl (C=O) groups excluding carboxylic acids is 1. The lowest BCUT2D eigenvalue weighted by Crippen LogP contribution is -2.01. The number of hydrogen-bond acceptors (Lipinski definition) is 4. The lowest BCUT2D eigenvalue weighted by molar-refractivity contribution is 0.104. The number of allylic oxidation sites excluding steroid dienone is 1. The van der Waals surface area contributed by atoms with Crippen LogP contribution in [0.15, 0.2) is 54.2 Å². The number of hydrogen-bond donors (Lipinski definition) is 1. The summed E-state index contributed by atoms with van der Waals surface area (Å²) in [6, 6.07) is 14.6. The van der Waals surface area contributed by atoms with E-state index in [4.69, 9.17) is 9.47 Å². The molecule has 0 atom stereocenters. The molecule has 0 fully saturated rings. The highest BCUT2D eigenvalue weighted by Crippen LogP contribution is 2.26. The fourth-order valence-electron chi connectivity index (χ4n) is 2.61. The molecule has 124 valence electrons. The van der Waals surface area contributed by atoms with Gasteiger partial charge in [-0.1, -0.05) is 12.1 Å². The van der Waals surface area contributed by atoms with Crippen LogP contribution in [0.4, 0.5) is 0 Å². The van der Waals surface area contributed by atoms with E-state index < -0.39 is 0 Å². The van der Waals surface area contributed by atoms with Gasteiger partial charge >= 0.3 is 0 Å². The van der Waals surface area contributed by atoms with Crippen molar-refractivity contribution < 1.29 is 14.3 Å². The number of fused-ring (bicyclic) bond motifs is 1.